The standard InChI is InChI=1S/C18H17N3O6/c1-4-26-18(25)12-7-11(8(2)19-9(12)3)17-21-20-16(27-17)10-5-13(22)15(24)14(23)6-10/h5-7,22-24H,4H2,1-3H3. The number of aromatic hydroxyl groups is 3. The van der Waals surface area contributed by atoms with Gasteiger partial charge in [-0.2, -0.15) is 0 Å². The molecule has 0 radical (unpaired) electrons. The number of nitrogens with zero attached hydrogens (tertiary/aromatic N) is 3. The third-order valence-electron chi connectivity index (χ3n) is 3.87. The molecule has 140 valence electrons. The van der Waals surface area contributed by atoms with E-state index in [4.69, 9.17) is 9.15 Å². The Bertz CT molecular complexity index is 1000. The van der Waals surface area contributed by atoms with E-state index in [0.717, 1.165) is 0 Å². The molecule has 0 spiro atoms. The lowest BCUT2D eigenvalue weighted by Crippen LogP contribution is -2.09. The van der Waals surface area contributed by atoms with Crippen LogP contribution in [0.4, 0.5) is 0 Å². The van der Waals surface area contributed by atoms with Crippen molar-refractivity contribution < 1.29 is 29.3 Å². The number of aryl methyl sites for hydroxylation is 2. The van der Waals surface area contributed by atoms with E-state index in [9.17, 15) is 20.1 Å². The topological polar surface area (TPSA) is 139 Å². The van der Waals surface area contributed by atoms with Gasteiger partial charge in [0.25, 0.3) is 0 Å². The monoisotopic (exact) mass is 371 g/mol. The lowest BCUT2D eigenvalue weighted by molar-refractivity contribution is 0.0525. The number of hydrogen-bond acceptors (Lipinski definition) is 9. The molecule has 0 fully saturated rings. The molecule has 3 N–H and O–H groups in total. The molecule has 9 nitrogen and oxygen atoms in total. The molecule has 0 bridgehead atoms. The first-order valence-electron chi connectivity index (χ1n) is 8.06. The van der Waals surface area contributed by atoms with Crippen molar-refractivity contribution in [3.63, 3.8) is 0 Å². The predicted molar refractivity (Wildman–Crippen MR) is 93.4 cm³/mol. The average Bonchev–Trinajstić information content (AvgIpc) is 3.09. The number of hydrogen-bond donors (Lipinski definition) is 3. The first kappa shape index (κ1) is 18.2. The number of pyridine rings is 1. The molecule has 0 amide bonds. The zero-order valence-electron chi connectivity index (χ0n) is 14.8. The zero-order valence-corrected chi connectivity index (χ0v) is 14.8. The number of carbonyl (C=O) groups excluding carboxylic acids is 1. The average molecular weight is 371 g/mol. The molecule has 3 rings (SSSR count). The summed E-state index contributed by atoms with van der Waals surface area (Å²) >= 11 is 0. The van der Waals surface area contributed by atoms with Crippen molar-refractivity contribution in [2.45, 2.75) is 20.8 Å². The van der Waals surface area contributed by atoms with Crippen molar-refractivity contribution >= 4 is 5.97 Å². The number of aromatic nitrogens is 3. The highest BCUT2D eigenvalue weighted by atomic mass is 16.5. The second-order valence-electron chi connectivity index (χ2n) is 5.75. The van der Waals surface area contributed by atoms with Crippen LogP contribution in [0.3, 0.4) is 0 Å². The third kappa shape index (κ3) is 3.39. The van der Waals surface area contributed by atoms with Crippen LogP contribution in [0.15, 0.2) is 22.6 Å². The maximum atomic E-state index is 12.1. The van der Waals surface area contributed by atoms with Crippen molar-refractivity contribution in [2.24, 2.45) is 0 Å². The summed E-state index contributed by atoms with van der Waals surface area (Å²) in [6, 6.07) is 3.92. The first-order chi connectivity index (χ1) is 12.8. The van der Waals surface area contributed by atoms with Crippen LogP contribution in [0.5, 0.6) is 17.2 Å². The Balaban J connectivity index is 2.04. The smallest absolute Gasteiger partial charge is 0.339 e. The van der Waals surface area contributed by atoms with Gasteiger partial charge in [0, 0.05) is 5.56 Å². The summed E-state index contributed by atoms with van der Waals surface area (Å²) in [5.41, 5.74) is 2.05. The summed E-state index contributed by atoms with van der Waals surface area (Å²) in [5.74, 6) is -2.08. The van der Waals surface area contributed by atoms with Crippen LogP contribution in [0.25, 0.3) is 22.9 Å². The minimum atomic E-state index is -0.642. The number of benzene rings is 1. The second kappa shape index (κ2) is 6.94. The summed E-state index contributed by atoms with van der Waals surface area (Å²) < 4.78 is 10.6. The molecule has 2 aromatic heterocycles. The maximum Gasteiger partial charge on any atom is 0.339 e. The van der Waals surface area contributed by atoms with Crippen LogP contribution >= 0.6 is 0 Å². The van der Waals surface area contributed by atoms with E-state index in [1.807, 2.05) is 0 Å². The van der Waals surface area contributed by atoms with Gasteiger partial charge < -0.3 is 24.5 Å². The molecule has 9 heteroatoms. The number of ether oxygens (including phenoxy) is 1. The van der Waals surface area contributed by atoms with Gasteiger partial charge in [-0.1, -0.05) is 0 Å². The van der Waals surface area contributed by atoms with Gasteiger partial charge in [0.05, 0.1) is 29.1 Å². The van der Waals surface area contributed by atoms with Gasteiger partial charge in [-0.25, -0.2) is 4.79 Å². The number of carbonyl (C=O) groups is 1. The number of phenolic OH excluding ortho intramolecular Hbond substituents is 3. The van der Waals surface area contributed by atoms with Gasteiger partial charge in [0.15, 0.2) is 17.2 Å². The Kier molecular flexibility index (Phi) is 4.68. The normalized spacial score (nSPS) is 10.8. The molecule has 1 aromatic carbocycles. The van der Waals surface area contributed by atoms with Crippen molar-refractivity contribution in [1.82, 2.24) is 15.2 Å². The summed E-state index contributed by atoms with van der Waals surface area (Å²) in [6.45, 7) is 5.38. The largest absolute Gasteiger partial charge is 0.504 e. The van der Waals surface area contributed by atoms with E-state index in [1.54, 1.807) is 26.8 Å². The van der Waals surface area contributed by atoms with Crippen molar-refractivity contribution in [3.8, 4) is 40.2 Å². The fourth-order valence-electron chi connectivity index (χ4n) is 2.53. The maximum absolute atomic E-state index is 12.1. The summed E-state index contributed by atoms with van der Waals surface area (Å²) in [5, 5.41) is 36.5. The molecule has 0 saturated carbocycles. The molecule has 2 heterocycles. The van der Waals surface area contributed by atoms with Crippen molar-refractivity contribution in [3.05, 3.63) is 35.2 Å². The summed E-state index contributed by atoms with van der Waals surface area (Å²) in [6.07, 6.45) is 0. The van der Waals surface area contributed by atoms with Crippen LogP contribution in [-0.4, -0.2) is 43.1 Å². The number of esters is 1. The second-order valence-corrected chi connectivity index (χ2v) is 5.75. The van der Waals surface area contributed by atoms with E-state index in [-0.39, 0.29) is 29.5 Å². The van der Waals surface area contributed by atoms with E-state index in [1.165, 1.54) is 12.1 Å². The fraction of sp³-hybridized carbons (Fsp3) is 0.222. The Morgan fingerprint density at radius 2 is 1.67 bits per heavy atom. The minimum Gasteiger partial charge on any atom is -0.504 e. The molecule has 0 atom stereocenters. The van der Waals surface area contributed by atoms with Crippen LogP contribution in [0.1, 0.15) is 28.7 Å². The molecule has 27 heavy (non-hydrogen) atoms. The summed E-state index contributed by atoms with van der Waals surface area (Å²) in [7, 11) is 0. The molecule has 0 aliphatic carbocycles. The SMILES string of the molecule is CCOC(=O)c1cc(-c2nnc(-c3cc(O)c(O)c(O)c3)o2)c(C)nc1C. The molecular weight excluding hydrogens is 354 g/mol. The van der Waals surface area contributed by atoms with Gasteiger partial charge in [0.2, 0.25) is 11.8 Å². The van der Waals surface area contributed by atoms with Crippen molar-refractivity contribution in [2.75, 3.05) is 6.61 Å². The molecule has 3 aromatic rings. The lowest BCUT2D eigenvalue weighted by atomic mass is 10.1. The van der Waals surface area contributed by atoms with Crippen molar-refractivity contribution in [1.29, 1.82) is 0 Å². The molecule has 0 saturated heterocycles. The van der Waals surface area contributed by atoms with Gasteiger partial charge in [-0.05, 0) is 39.0 Å². The predicted octanol–water partition coefficient (Wildman–Crippen LogP) is 2.71. The minimum absolute atomic E-state index is 0.00765. The Hall–Kier alpha value is -3.62. The quantitative estimate of drug-likeness (QED) is 0.466. The zero-order chi connectivity index (χ0) is 19.7. The van der Waals surface area contributed by atoms with E-state index in [0.29, 0.717) is 17.0 Å². The Labute approximate surface area is 153 Å². The van der Waals surface area contributed by atoms with Crippen LogP contribution in [-0.2, 0) is 4.74 Å². The Morgan fingerprint density at radius 3 is 2.30 bits per heavy atom. The third-order valence-corrected chi connectivity index (χ3v) is 3.87. The van der Waals surface area contributed by atoms with Gasteiger partial charge >= 0.3 is 5.97 Å². The lowest BCUT2D eigenvalue weighted by Gasteiger charge is -2.08. The summed E-state index contributed by atoms with van der Waals surface area (Å²) in [4.78, 5) is 16.4. The van der Waals surface area contributed by atoms with Crippen LogP contribution in [0, 0.1) is 13.8 Å². The van der Waals surface area contributed by atoms with Crippen LogP contribution in [0.2, 0.25) is 0 Å². The molecule has 0 aliphatic rings. The van der Waals surface area contributed by atoms with Crippen LogP contribution < -0.4 is 0 Å². The highest BCUT2D eigenvalue weighted by Gasteiger charge is 2.20. The van der Waals surface area contributed by atoms with E-state index < -0.39 is 23.2 Å². The number of rotatable bonds is 4. The first-order valence-corrected chi connectivity index (χ1v) is 8.06. The molecular formula is C18H17N3O6. The van der Waals surface area contributed by atoms with Gasteiger partial charge in [-0.3, -0.25) is 4.98 Å². The molecule has 0 unspecified atom stereocenters. The van der Waals surface area contributed by atoms with E-state index >= 15 is 0 Å². The highest BCUT2D eigenvalue weighted by molar-refractivity contribution is 5.92. The van der Waals surface area contributed by atoms with E-state index in [2.05, 4.69) is 15.2 Å². The molecule has 0 aliphatic heterocycles. The van der Waals surface area contributed by atoms with Gasteiger partial charge in [-0.15, -0.1) is 10.2 Å². The fourth-order valence-corrected chi connectivity index (χ4v) is 2.53. The van der Waals surface area contributed by atoms with Gasteiger partial charge in [0.1, 0.15) is 0 Å². The highest BCUT2D eigenvalue weighted by Crippen LogP contribution is 2.39. The Morgan fingerprint density at radius 1 is 1.04 bits per heavy atom. The number of phenols is 3.